The molecular weight excluding hydrogens is 362 g/mol. The Morgan fingerprint density at radius 2 is 1.88 bits per heavy atom. The molecule has 4 nitrogen and oxygen atoms in total. The maximum Gasteiger partial charge on any atom is 0.263 e. The van der Waals surface area contributed by atoms with E-state index in [9.17, 15) is 4.79 Å². The van der Waals surface area contributed by atoms with Gasteiger partial charge in [0.05, 0.1) is 11.1 Å². The molecule has 26 heavy (non-hydrogen) atoms. The van der Waals surface area contributed by atoms with E-state index in [4.69, 9.17) is 0 Å². The molecule has 6 heteroatoms. The van der Waals surface area contributed by atoms with Gasteiger partial charge in [-0.2, -0.15) is 0 Å². The Hall–Kier alpha value is -2.02. The normalized spacial score (nSPS) is 14.6. The van der Waals surface area contributed by atoms with Crippen molar-refractivity contribution in [2.45, 2.75) is 25.9 Å². The van der Waals surface area contributed by atoms with Gasteiger partial charge in [0.15, 0.2) is 0 Å². The summed E-state index contributed by atoms with van der Waals surface area (Å²) in [5, 5.41) is 5.91. The van der Waals surface area contributed by atoms with Crippen LogP contribution in [0.3, 0.4) is 0 Å². The van der Waals surface area contributed by atoms with Crippen molar-refractivity contribution in [3.8, 4) is 9.88 Å². The third kappa shape index (κ3) is 4.20. The number of thiophene rings is 1. The molecule has 1 aliphatic rings. The second kappa shape index (κ2) is 8.12. The lowest BCUT2D eigenvalue weighted by molar-refractivity contribution is 0.0955. The van der Waals surface area contributed by atoms with E-state index in [-0.39, 0.29) is 5.91 Å². The number of nitrogens with zero attached hydrogens (tertiary/aromatic N) is 2. The van der Waals surface area contributed by atoms with E-state index in [1.165, 1.54) is 42.8 Å². The molecule has 1 aromatic carbocycles. The Balaban J connectivity index is 1.31. The molecule has 0 aliphatic carbocycles. The van der Waals surface area contributed by atoms with Crippen LogP contribution in [0.2, 0.25) is 0 Å². The molecule has 2 aromatic heterocycles. The quantitative estimate of drug-likeness (QED) is 0.686. The third-order valence-electron chi connectivity index (χ3n) is 4.54. The fraction of sp³-hybridized carbons (Fsp3) is 0.300. The first kappa shape index (κ1) is 17.4. The minimum atomic E-state index is -0.0635. The highest BCUT2D eigenvalue weighted by Gasteiger charge is 2.13. The summed E-state index contributed by atoms with van der Waals surface area (Å²) < 4.78 is 0. The molecule has 0 atom stereocenters. The Morgan fingerprint density at radius 1 is 1.12 bits per heavy atom. The fourth-order valence-electron chi connectivity index (χ4n) is 3.12. The van der Waals surface area contributed by atoms with Crippen LogP contribution in [0.5, 0.6) is 0 Å². The summed E-state index contributed by atoms with van der Waals surface area (Å²) in [6.45, 7) is 3.98. The smallest absolute Gasteiger partial charge is 0.263 e. The Kier molecular flexibility index (Phi) is 5.43. The van der Waals surface area contributed by atoms with Gasteiger partial charge in [0.2, 0.25) is 0 Å². The molecule has 3 heterocycles. The minimum absolute atomic E-state index is 0.0635. The molecule has 3 aromatic rings. The van der Waals surface area contributed by atoms with Crippen molar-refractivity contribution in [1.82, 2.24) is 15.2 Å². The number of rotatable bonds is 6. The zero-order chi connectivity index (χ0) is 17.8. The number of likely N-dealkylation sites (tertiary alicyclic amines) is 1. The third-order valence-corrected chi connectivity index (χ3v) is 6.58. The zero-order valence-corrected chi connectivity index (χ0v) is 16.1. The number of hydrogen-bond acceptors (Lipinski definition) is 5. The first-order valence-corrected chi connectivity index (χ1v) is 10.6. The van der Waals surface area contributed by atoms with Gasteiger partial charge in [-0.1, -0.05) is 30.3 Å². The van der Waals surface area contributed by atoms with Crippen molar-refractivity contribution in [3.05, 3.63) is 64.0 Å². The average Bonchev–Trinajstić information content (AvgIpc) is 3.42. The van der Waals surface area contributed by atoms with Gasteiger partial charge in [0.25, 0.3) is 5.91 Å². The van der Waals surface area contributed by atoms with Gasteiger partial charge >= 0.3 is 0 Å². The summed E-state index contributed by atoms with van der Waals surface area (Å²) in [7, 11) is 0. The van der Waals surface area contributed by atoms with Crippen LogP contribution in [-0.4, -0.2) is 28.9 Å². The minimum Gasteiger partial charge on any atom is -0.347 e. The van der Waals surface area contributed by atoms with Gasteiger partial charge in [0, 0.05) is 13.1 Å². The number of hydrogen-bond donors (Lipinski definition) is 1. The first-order chi connectivity index (χ1) is 12.8. The second-order valence-electron chi connectivity index (χ2n) is 6.49. The highest BCUT2D eigenvalue weighted by atomic mass is 32.1. The Labute approximate surface area is 161 Å². The number of aromatic nitrogens is 1. The van der Waals surface area contributed by atoms with Gasteiger partial charge in [-0.15, -0.1) is 22.7 Å². The maximum atomic E-state index is 12.4. The monoisotopic (exact) mass is 383 g/mol. The largest absolute Gasteiger partial charge is 0.347 e. The summed E-state index contributed by atoms with van der Waals surface area (Å²) in [6, 6.07) is 12.6. The van der Waals surface area contributed by atoms with Gasteiger partial charge in [-0.25, -0.2) is 4.98 Å². The lowest BCUT2D eigenvalue weighted by Gasteiger charge is -2.14. The average molecular weight is 384 g/mol. The topological polar surface area (TPSA) is 45.2 Å². The summed E-state index contributed by atoms with van der Waals surface area (Å²) in [6.07, 6.45) is 4.29. The Morgan fingerprint density at radius 3 is 2.62 bits per heavy atom. The van der Waals surface area contributed by atoms with Crippen molar-refractivity contribution in [3.63, 3.8) is 0 Å². The molecule has 0 unspecified atom stereocenters. The summed E-state index contributed by atoms with van der Waals surface area (Å²) in [5.41, 5.74) is 2.46. The molecule has 1 fully saturated rings. The van der Waals surface area contributed by atoms with Crippen LogP contribution < -0.4 is 5.32 Å². The van der Waals surface area contributed by atoms with Crippen LogP contribution in [-0.2, 0) is 13.1 Å². The van der Waals surface area contributed by atoms with E-state index in [0.29, 0.717) is 11.4 Å². The zero-order valence-electron chi connectivity index (χ0n) is 14.5. The standard InChI is InChI=1S/C20H21N3OS2/c24-19(18-13-22-20(26-18)17-4-3-11-25-17)21-12-15-5-7-16(8-6-15)14-23-9-1-2-10-23/h3-8,11,13H,1-2,9-10,12,14H2,(H,21,24). The van der Waals surface area contributed by atoms with E-state index in [2.05, 4.69) is 39.5 Å². The molecule has 4 rings (SSSR count). The predicted octanol–water partition coefficient (Wildman–Crippen LogP) is 4.40. The number of carbonyl (C=O) groups is 1. The van der Waals surface area contributed by atoms with E-state index >= 15 is 0 Å². The van der Waals surface area contributed by atoms with Crippen molar-refractivity contribution in [2.75, 3.05) is 13.1 Å². The van der Waals surface area contributed by atoms with Crippen molar-refractivity contribution < 1.29 is 4.79 Å². The summed E-state index contributed by atoms with van der Waals surface area (Å²) >= 11 is 3.07. The number of thiazole rings is 1. The van der Waals surface area contributed by atoms with Crippen molar-refractivity contribution in [1.29, 1.82) is 0 Å². The SMILES string of the molecule is O=C(NCc1ccc(CN2CCCC2)cc1)c1cnc(-c2cccs2)s1. The molecule has 1 amide bonds. The van der Waals surface area contributed by atoms with Crippen LogP contribution in [0.25, 0.3) is 9.88 Å². The lowest BCUT2D eigenvalue weighted by Crippen LogP contribution is -2.22. The molecule has 134 valence electrons. The number of benzene rings is 1. The van der Waals surface area contributed by atoms with E-state index in [0.717, 1.165) is 22.0 Å². The molecule has 0 bridgehead atoms. The van der Waals surface area contributed by atoms with Gasteiger partial charge < -0.3 is 5.32 Å². The molecule has 0 radical (unpaired) electrons. The van der Waals surface area contributed by atoms with Crippen molar-refractivity contribution >= 4 is 28.6 Å². The first-order valence-electron chi connectivity index (χ1n) is 8.86. The predicted molar refractivity (Wildman–Crippen MR) is 108 cm³/mol. The summed E-state index contributed by atoms with van der Waals surface area (Å²) in [4.78, 5) is 21.0. The van der Waals surface area contributed by atoms with Gasteiger partial charge in [-0.05, 0) is 48.5 Å². The van der Waals surface area contributed by atoms with E-state index in [1.54, 1.807) is 17.5 Å². The second-order valence-corrected chi connectivity index (χ2v) is 8.47. The molecule has 0 spiro atoms. The van der Waals surface area contributed by atoms with Crippen LogP contribution in [0.1, 0.15) is 33.6 Å². The lowest BCUT2D eigenvalue weighted by atomic mass is 10.1. The molecular formula is C20H21N3OS2. The highest BCUT2D eigenvalue weighted by Crippen LogP contribution is 2.28. The van der Waals surface area contributed by atoms with Crippen LogP contribution in [0, 0.1) is 0 Å². The molecule has 1 aliphatic heterocycles. The fourth-order valence-corrected chi connectivity index (χ4v) is 4.76. The van der Waals surface area contributed by atoms with Gasteiger partial charge in [0.1, 0.15) is 9.88 Å². The number of carbonyl (C=O) groups excluding carboxylic acids is 1. The number of nitrogens with one attached hydrogen (secondary N) is 1. The summed E-state index contributed by atoms with van der Waals surface area (Å²) in [5.74, 6) is -0.0635. The van der Waals surface area contributed by atoms with Crippen LogP contribution in [0.4, 0.5) is 0 Å². The number of amides is 1. The van der Waals surface area contributed by atoms with Gasteiger partial charge in [-0.3, -0.25) is 9.69 Å². The molecule has 1 saturated heterocycles. The van der Waals surface area contributed by atoms with E-state index < -0.39 is 0 Å². The Bertz CT molecular complexity index is 850. The molecule has 0 saturated carbocycles. The van der Waals surface area contributed by atoms with Crippen molar-refractivity contribution in [2.24, 2.45) is 0 Å². The molecule has 1 N–H and O–H groups in total. The van der Waals surface area contributed by atoms with Crippen LogP contribution >= 0.6 is 22.7 Å². The maximum absolute atomic E-state index is 12.4. The van der Waals surface area contributed by atoms with Crippen LogP contribution in [0.15, 0.2) is 48.0 Å². The van der Waals surface area contributed by atoms with E-state index in [1.807, 2.05) is 17.5 Å². The highest BCUT2D eigenvalue weighted by molar-refractivity contribution is 7.21.